The third kappa shape index (κ3) is 5.27. The molecule has 5 aromatic rings. The van der Waals surface area contributed by atoms with Gasteiger partial charge >= 0.3 is 0 Å². The highest BCUT2D eigenvalue weighted by Gasteiger charge is 2.08. The fraction of sp³-hybridized carbons (Fsp3) is 0.182. The van der Waals surface area contributed by atoms with Gasteiger partial charge in [-0.2, -0.15) is 0 Å². The van der Waals surface area contributed by atoms with E-state index in [1.807, 2.05) is 58.2 Å². The van der Waals surface area contributed by atoms with Crippen molar-refractivity contribution in [1.82, 2.24) is 44.8 Å². The largest absolute Gasteiger partial charge is 0.248 e. The second-order valence-corrected chi connectivity index (χ2v) is 8.24. The Morgan fingerprint density at radius 3 is 1.91 bits per heavy atom. The number of hydrogen-bond donors (Lipinski definition) is 0. The summed E-state index contributed by atoms with van der Waals surface area (Å²) in [5.41, 5.74) is 4.11. The summed E-state index contributed by atoms with van der Waals surface area (Å²) >= 11 is 1.53. The van der Waals surface area contributed by atoms with E-state index in [1.165, 1.54) is 22.9 Å². The van der Waals surface area contributed by atoms with Gasteiger partial charge in [0.1, 0.15) is 12.0 Å². The first-order valence-corrected chi connectivity index (χ1v) is 11.2. The van der Waals surface area contributed by atoms with Crippen molar-refractivity contribution >= 4 is 11.8 Å². The summed E-state index contributed by atoms with van der Waals surface area (Å²) in [5, 5.41) is 22.1. The monoisotopic (exact) mass is 443 g/mol. The summed E-state index contributed by atoms with van der Waals surface area (Å²) in [6.07, 6.45) is 5.61. The molecule has 0 aliphatic heterocycles. The first-order valence-electron chi connectivity index (χ1n) is 10.2. The highest BCUT2D eigenvalue weighted by molar-refractivity contribution is 7.98. The first kappa shape index (κ1) is 20.1. The van der Waals surface area contributed by atoms with Gasteiger partial charge in [-0.3, -0.25) is 0 Å². The van der Waals surface area contributed by atoms with E-state index in [2.05, 4.69) is 55.0 Å². The molecule has 32 heavy (non-hydrogen) atoms. The topological polar surface area (TPSA) is 92.1 Å². The summed E-state index contributed by atoms with van der Waals surface area (Å²) in [5.74, 6) is 0.659. The Bertz CT molecular complexity index is 1260. The van der Waals surface area contributed by atoms with Crippen LogP contribution in [0.4, 0.5) is 0 Å². The summed E-state index contributed by atoms with van der Waals surface area (Å²) in [7, 11) is 0. The fourth-order valence-electron chi connectivity index (χ4n) is 3.24. The molecule has 0 amide bonds. The summed E-state index contributed by atoms with van der Waals surface area (Å²) < 4.78 is 5.44. The lowest BCUT2D eigenvalue weighted by molar-refractivity contribution is 0.641. The molecule has 5 rings (SSSR count). The van der Waals surface area contributed by atoms with E-state index in [1.54, 1.807) is 11.0 Å². The molecule has 0 spiro atoms. The molecule has 0 radical (unpaired) electrons. The maximum Gasteiger partial charge on any atom is 0.208 e. The predicted octanol–water partition coefficient (Wildman–Crippen LogP) is 2.90. The lowest BCUT2D eigenvalue weighted by Crippen LogP contribution is -2.01. The van der Waals surface area contributed by atoms with Crippen LogP contribution in [0.15, 0.2) is 84.5 Å². The summed E-state index contributed by atoms with van der Waals surface area (Å²) in [4.78, 5) is 4.38. The van der Waals surface area contributed by atoms with E-state index in [4.69, 9.17) is 0 Å². The van der Waals surface area contributed by atoms with Crippen LogP contribution < -0.4 is 0 Å². The van der Waals surface area contributed by atoms with Crippen molar-refractivity contribution in [3.8, 4) is 0 Å². The number of aromatic nitrogens is 9. The van der Waals surface area contributed by atoms with Crippen LogP contribution in [0.2, 0.25) is 0 Å². The number of nitrogens with zero attached hydrogens (tertiary/aromatic N) is 9. The normalized spacial score (nSPS) is 11.1. The standard InChI is InChI=1S/C22H21N9S/c1-3-7-18(8-4-1)11-29-13-20(24-27-29)14-31-17-23-22(26-31)32-16-21-15-30(28-25-21)12-19-9-5-2-6-10-19/h1-10,13,15,17H,11-12,14,16H2. The van der Waals surface area contributed by atoms with E-state index < -0.39 is 0 Å². The quantitative estimate of drug-likeness (QED) is 0.323. The van der Waals surface area contributed by atoms with Gasteiger partial charge in [0.2, 0.25) is 5.16 Å². The lowest BCUT2D eigenvalue weighted by atomic mass is 10.2. The number of benzene rings is 2. The molecule has 0 bridgehead atoms. The van der Waals surface area contributed by atoms with Crippen molar-refractivity contribution in [3.05, 3.63) is 102 Å². The van der Waals surface area contributed by atoms with E-state index >= 15 is 0 Å². The molecule has 0 fully saturated rings. The number of thioether (sulfide) groups is 1. The van der Waals surface area contributed by atoms with Gasteiger partial charge in [-0.1, -0.05) is 82.9 Å². The Morgan fingerprint density at radius 2 is 1.25 bits per heavy atom. The maximum absolute atomic E-state index is 4.52. The average Bonchev–Trinajstić information content (AvgIpc) is 3.56. The van der Waals surface area contributed by atoms with Gasteiger partial charge in [-0.15, -0.1) is 15.3 Å². The van der Waals surface area contributed by atoms with Crippen molar-refractivity contribution < 1.29 is 0 Å². The van der Waals surface area contributed by atoms with E-state index in [0.717, 1.165) is 11.4 Å². The first-order chi connectivity index (χ1) is 15.8. The van der Waals surface area contributed by atoms with Crippen molar-refractivity contribution in [3.63, 3.8) is 0 Å². The third-order valence-corrected chi connectivity index (χ3v) is 5.62. The Labute approximate surface area is 189 Å². The molecule has 2 aromatic carbocycles. The zero-order valence-electron chi connectivity index (χ0n) is 17.3. The Kier molecular flexibility index (Phi) is 6.02. The van der Waals surface area contributed by atoms with Gasteiger partial charge in [0.05, 0.1) is 31.5 Å². The van der Waals surface area contributed by atoms with Gasteiger partial charge in [0.15, 0.2) is 0 Å². The van der Waals surface area contributed by atoms with Gasteiger partial charge in [-0.25, -0.2) is 19.0 Å². The molecule has 10 heteroatoms. The molecule has 0 N–H and O–H groups in total. The van der Waals surface area contributed by atoms with Crippen molar-refractivity contribution in [2.24, 2.45) is 0 Å². The zero-order valence-corrected chi connectivity index (χ0v) is 18.1. The second-order valence-electron chi connectivity index (χ2n) is 7.30. The minimum atomic E-state index is 0.523. The van der Waals surface area contributed by atoms with Crippen LogP contribution in [0.3, 0.4) is 0 Å². The summed E-state index contributed by atoms with van der Waals surface area (Å²) in [6, 6.07) is 20.4. The molecule has 0 saturated heterocycles. The second kappa shape index (κ2) is 9.56. The summed E-state index contributed by atoms with van der Waals surface area (Å²) in [6.45, 7) is 1.92. The molecule has 160 valence electrons. The molecule has 0 unspecified atom stereocenters. The highest BCUT2D eigenvalue weighted by atomic mass is 32.2. The predicted molar refractivity (Wildman–Crippen MR) is 120 cm³/mol. The van der Waals surface area contributed by atoms with E-state index in [0.29, 0.717) is 30.5 Å². The van der Waals surface area contributed by atoms with Crippen LogP contribution in [0.5, 0.6) is 0 Å². The molecular formula is C22H21N9S. The average molecular weight is 444 g/mol. The molecule has 3 aromatic heterocycles. The van der Waals surface area contributed by atoms with Crippen LogP contribution in [0, 0.1) is 0 Å². The Hall–Kier alpha value is -3.79. The van der Waals surface area contributed by atoms with Crippen LogP contribution in [0.25, 0.3) is 0 Å². The number of hydrogen-bond acceptors (Lipinski definition) is 7. The van der Waals surface area contributed by atoms with E-state index in [9.17, 15) is 0 Å². The number of rotatable bonds is 9. The van der Waals surface area contributed by atoms with Crippen molar-refractivity contribution in [2.75, 3.05) is 0 Å². The van der Waals surface area contributed by atoms with Crippen molar-refractivity contribution in [1.29, 1.82) is 0 Å². The lowest BCUT2D eigenvalue weighted by Gasteiger charge is -1.99. The smallest absolute Gasteiger partial charge is 0.208 e. The molecule has 0 atom stereocenters. The minimum Gasteiger partial charge on any atom is -0.248 e. The molecule has 0 aliphatic rings. The maximum atomic E-state index is 4.52. The van der Waals surface area contributed by atoms with Gasteiger partial charge in [0.25, 0.3) is 0 Å². The van der Waals surface area contributed by atoms with Crippen molar-refractivity contribution in [2.45, 2.75) is 30.5 Å². The van der Waals surface area contributed by atoms with Crippen LogP contribution >= 0.6 is 11.8 Å². The zero-order chi connectivity index (χ0) is 21.6. The SMILES string of the molecule is c1ccc(Cn2cc(CSc3ncn(Cc4cn(Cc5ccccc5)nn4)n3)nn2)cc1. The van der Waals surface area contributed by atoms with Gasteiger partial charge < -0.3 is 0 Å². The minimum absolute atomic E-state index is 0.523. The van der Waals surface area contributed by atoms with Crippen LogP contribution in [-0.2, 0) is 25.4 Å². The molecule has 3 heterocycles. The van der Waals surface area contributed by atoms with Crippen LogP contribution in [-0.4, -0.2) is 44.8 Å². The van der Waals surface area contributed by atoms with Gasteiger partial charge in [0, 0.05) is 11.9 Å². The molecule has 9 nitrogen and oxygen atoms in total. The van der Waals surface area contributed by atoms with E-state index in [-0.39, 0.29) is 0 Å². The fourth-order valence-corrected chi connectivity index (χ4v) is 3.93. The molecule has 0 saturated carbocycles. The Morgan fingerprint density at radius 1 is 0.656 bits per heavy atom. The molecule has 0 aliphatic carbocycles. The third-order valence-electron chi connectivity index (χ3n) is 4.74. The highest BCUT2D eigenvalue weighted by Crippen LogP contribution is 2.17. The van der Waals surface area contributed by atoms with Crippen LogP contribution in [0.1, 0.15) is 22.5 Å². The Balaban J connectivity index is 1.13. The molecular weight excluding hydrogens is 422 g/mol. The van der Waals surface area contributed by atoms with Gasteiger partial charge in [-0.05, 0) is 11.1 Å².